The van der Waals surface area contributed by atoms with Crippen molar-refractivity contribution in [2.75, 3.05) is 25.5 Å². The topological polar surface area (TPSA) is 130 Å². The van der Waals surface area contributed by atoms with Gasteiger partial charge in [-0.25, -0.2) is 5.48 Å². The molecular formula is C32H32N4O6. The Labute approximate surface area is 243 Å². The van der Waals surface area contributed by atoms with Gasteiger partial charge in [0.1, 0.15) is 18.1 Å². The molecule has 2 atom stereocenters. The fraction of sp³-hybridized carbons (Fsp3) is 0.250. The standard InChI is InChI=1S/C32H32N4O6/c1-20-17-22(26-5-3-4-6-29(26)33-20)19-42-25-13-9-23(10-14-25)34-30(37)27-15-16-36(18-28(27)31(38)35-40)32(39)21-7-11-24(41-2)12-8-21/h3-14,17,27-28,40H,15-16,18-19H2,1-2H3,(H,34,37)(H,35,38)/t27-,28-/m0/s1. The summed E-state index contributed by atoms with van der Waals surface area (Å²) >= 11 is 0. The van der Waals surface area contributed by atoms with Gasteiger partial charge in [0.15, 0.2) is 0 Å². The Morgan fingerprint density at radius 3 is 2.38 bits per heavy atom. The van der Waals surface area contributed by atoms with Crippen LogP contribution in [0.25, 0.3) is 10.9 Å². The number of piperidine rings is 1. The number of pyridine rings is 1. The Morgan fingerprint density at radius 2 is 1.67 bits per heavy atom. The van der Waals surface area contributed by atoms with Crippen LogP contribution >= 0.6 is 0 Å². The van der Waals surface area contributed by atoms with Gasteiger partial charge in [0.25, 0.3) is 5.91 Å². The SMILES string of the molecule is COc1ccc(C(=O)N2CC[C@H](C(=O)Nc3ccc(OCc4cc(C)nc5ccccc45)cc3)[C@@H](C(=O)NO)C2)cc1. The van der Waals surface area contributed by atoms with Gasteiger partial charge in [-0.1, -0.05) is 18.2 Å². The molecule has 0 radical (unpaired) electrons. The van der Waals surface area contributed by atoms with Gasteiger partial charge in [-0.3, -0.25) is 24.6 Å². The quantitative estimate of drug-likeness (QED) is 0.213. The van der Waals surface area contributed by atoms with Crippen LogP contribution in [0.4, 0.5) is 5.69 Å². The van der Waals surface area contributed by atoms with Gasteiger partial charge in [-0.05, 0) is 74.0 Å². The van der Waals surface area contributed by atoms with Crippen molar-refractivity contribution in [2.45, 2.75) is 20.0 Å². The lowest BCUT2D eigenvalue weighted by Gasteiger charge is -2.36. The summed E-state index contributed by atoms with van der Waals surface area (Å²) in [6.07, 6.45) is 0.256. The van der Waals surface area contributed by atoms with Gasteiger partial charge in [-0.15, -0.1) is 0 Å². The highest BCUT2D eigenvalue weighted by atomic mass is 16.5. The van der Waals surface area contributed by atoms with Gasteiger partial charge in [0, 0.05) is 41.0 Å². The maximum Gasteiger partial charge on any atom is 0.253 e. The smallest absolute Gasteiger partial charge is 0.253 e. The van der Waals surface area contributed by atoms with E-state index in [9.17, 15) is 19.6 Å². The minimum atomic E-state index is -0.924. The summed E-state index contributed by atoms with van der Waals surface area (Å²) in [6, 6.07) is 23.6. The number of amides is 3. The van der Waals surface area contributed by atoms with E-state index in [2.05, 4.69) is 10.3 Å². The van der Waals surface area contributed by atoms with Crippen LogP contribution in [0.1, 0.15) is 28.0 Å². The van der Waals surface area contributed by atoms with Crippen LogP contribution in [0, 0.1) is 18.8 Å². The summed E-state index contributed by atoms with van der Waals surface area (Å²) < 4.78 is 11.2. The van der Waals surface area contributed by atoms with Crippen LogP contribution in [-0.4, -0.2) is 53.0 Å². The molecule has 3 amide bonds. The Balaban J connectivity index is 1.21. The zero-order valence-corrected chi connectivity index (χ0v) is 23.4. The molecule has 0 spiro atoms. The third-order valence-corrected chi connectivity index (χ3v) is 7.47. The Kier molecular flexibility index (Phi) is 8.63. The first-order chi connectivity index (χ1) is 20.4. The number of hydroxylamine groups is 1. The molecule has 10 heteroatoms. The maximum absolute atomic E-state index is 13.2. The van der Waals surface area contributed by atoms with Gasteiger partial charge in [0.2, 0.25) is 11.8 Å². The molecule has 1 aromatic heterocycles. The average molecular weight is 569 g/mol. The van der Waals surface area contributed by atoms with Crippen molar-refractivity contribution in [3.63, 3.8) is 0 Å². The largest absolute Gasteiger partial charge is 0.497 e. The molecule has 0 aliphatic carbocycles. The predicted octanol–water partition coefficient (Wildman–Crippen LogP) is 4.35. The van der Waals surface area contributed by atoms with Crippen molar-refractivity contribution < 1.29 is 29.1 Å². The normalized spacial score (nSPS) is 16.5. The minimum absolute atomic E-state index is 0.00865. The lowest BCUT2D eigenvalue weighted by Crippen LogP contribution is -2.51. The second-order valence-corrected chi connectivity index (χ2v) is 10.2. The number of hydrogen-bond donors (Lipinski definition) is 3. The van der Waals surface area contributed by atoms with Crippen LogP contribution < -0.4 is 20.3 Å². The second kappa shape index (κ2) is 12.7. The molecule has 1 aliphatic rings. The number of benzene rings is 3. The van der Waals surface area contributed by atoms with Gasteiger partial charge in [-0.2, -0.15) is 0 Å². The van der Waals surface area contributed by atoms with E-state index < -0.39 is 17.7 Å². The lowest BCUT2D eigenvalue weighted by molar-refractivity contribution is -0.141. The number of nitrogens with zero attached hydrogens (tertiary/aromatic N) is 2. The van der Waals surface area contributed by atoms with E-state index in [-0.39, 0.29) is 31.3 Å². The first-order valence-corrected chi connectivity index (χ1v) is 13.6. The summed E-state index contributed by atoms with van der Waals surface area (Å²) in [5.74, 6) is -1.76. The Bertz CT molecular complexity index is 1590. The molecule has 4 aromatic rings. The number of carbonyl (C=O) groups is 3. The van der Waals surface area contributed by atoms with E-state index >= 15 is 0 Å². The minimum Gasteiger partial charge on any atom is -0.497 e. The third-order valence-electron chi connectivity index (χ3n) is 7.47. The average Bonchev–Trinajstić information content (AvgIpc) is 3.03. The molecule has 3 aromatic carbocycles. The zero-order chi connectivity index (χ0) is 29.6. The molecule has 1 fully saturated rings. The molecule has 1 saturated heterocycles. The number of aromatic nitrogens is 1. The van der Waals surface area contributed by atoms with E-state index in [4.69, 9.17) is 9.47 Å². The Morgan fingerprint density at radius 1 is 0.952 bits per heavy atom. The van der Waals surface area contributed by atoms with Crippen molar-refractivity contribution in [1.82, 2.24) is 15.4 Å². The number of para-hydroxylation sites is 1. The van der Waals surface area contributed by atoms with Crippen molar-refractivity contribution in [1.29, 1.82) is 0 Å². The van der Waals surface area contributed by atoms with Crippen LogP contribution in [0.3, 0.4) is 0 Å². The van der Waals surface area contributed by atoms with Gasteiger partial charge < -0.3 is 19.7 Å². The number of aryl methyl sites for hydroxylation is 1. The summed E-state index contributed by atoms with van der Waals surface area (Å²) in [5.41, 5.74) is 5.49. The molecular weight excluding hydrogens is 536 g/mol. The highest BCUT2D eigenvalue weighted by Crippen LogP contribution is 2.28. The summed E-state index contributed by atoms with van der Waals surface area (Å²) in [4.78, 5) is 44.9. The van der Waals surface area contributed by atoms with E-state index in [0.717, 1.165) is 22.2 Å². The number of fused-ring (bicyclic) bond motifs is 1. The number of anilines is 1. The number of hydrogen-bond acceptors (Lipinski definition) is 7. The number of ether oxygens (including phenoxy) is 2. The molecule has 42 heavy (non-hydrogen) atoms. The highest BCUT2D eigenvalue weighted by molar-refractivity contribution is 5.98. The van der Waals surface area contributed by atoms with Crippen molar-refractivity contribution in [3.05, 3.63) is 95.7 Å². The van der Waals surface area contributed by atoms with Gasteiger partial charge in [0.05, 0.1) is 24.5 Å². The van der Waals surface area contributed by atoms with E-state index in [0.29, 0.717) is 29.4 Å². The molecule has 1 aliphatic heterocycles. The van der Waals surface area contributed by atoms with Gasteiger partial charge >= 0.3 is 0 Å². The van der Waals surface area contributed by atoms with E-state index in [1.807, 2.05) is 37.3 Å². The first-order valence-electron chi connectivity index (χ1n) is 13.6. The van der Waals surface area contributed by atoms with Crippen LogP contribution in [-0.2, 0) is 16.2 Å². The number of nitrogens with one attached hydrogen (secondary N) is 2. The third kappa shape index (κ3) is 6.34. The molecule has 5 rings (SSSR count). The molecule has 216 valence electrons. The molecule has 10 nitrogen and oxygen atoms in total. The number of rotatable bonds is 8. The van der Waals surface area contributed by atoms with Crippen LogP contribution in [0.5, 0.6) is 11.5 Å². The Hall–Kier alpha value is -4.96. The highest BCUT2D eigenvalue weighted by Gasteiger charge is 2.40. The second-order valence-electron chi connectivity index (χ2n) is 10.2. The molecule has 2 heterocycles. The van der Waals surface area contributed by atoms with E-state index in [1.54, 1.807) is 61.1 Å². The predicted molar refractivity (Wildman–Crippen MR) is 156 cm³/mol. The van der Waals surface area contributed by atoms with Crippen LogP contribution in [0.15, 0.2) is 78.9 Å². The summed E-state index contributed by atoms with van der Waals surface area (Å²) in [5, 5.41) is 13.2. The molecule has 0 saturated carbocycles. The van der Waals surface area contributed by atoms with E-state index in [1.165, 1.54) is 4.90 Å². The van der Waals surface area contributed by atoms with Crippen molar-refractivity contribution >= 4 is 34.3 Å². The number of carbonyl (C=O) groups excluding carboxylic acids is 3. The summed E-state index contributed by atoms with van der Waals surface area (Å²) in [7, 11) is 1.54. The van der Waals surface area contributed by atoms with Crippen molar-refractivity contribution in [2.24, 2.45) is 11.8 Å². The fourth-order valence-corrected chi connectivity index (χ4v) is 5.26. The monoisotopic (exact) mass is 568 g/mol. The van der Waals surface area contributed by atoms with Crippen molar-refractivity contribution in [3.8, 4) is 11.5 Å². The maximum atomic E-state index is 13.2. The lowest BCUT2D eigenvalue weighted by atomic mass is 9.83. The molecule has 0 unspecified atom stereocenters. The first kappa shape index (κ1) is 28.6. The molecule has 3 N–H and O–H groups in total. The fourth-order valence-electron chi connectivity index (χ4n) is 5.26. The summed E-state index contributed by atoms with van der Waals surface area (Å²) in [6.45, 7) is 2.59. The van der Waals surface area contributed by atoms with Crippen LogP contribution in [0.2, 0.25) is 0 Å². The number of likely N-dealkylation sites (tertiary alicyclic amines) is 1. The zero-order valence-electron chi connectivity index (χ0n) is 23.4. The number of methoxy groups -OCH3 is 1. The molecule has 0 bridgehead atoms.